The maximum absolute atomic E-state index is 16.1. The van der Waals surface area contributed by atoms with Gasteiger partial charge in [0.15, 0.2) is 17.3 Å². The maximum atomic E-state index is 16.1. The van der Waals surface area contributed by atoms with E-state index in [1.807, 2.05) is 19.9 Å². The standard InChI is InChI=1S/C32H32F3N7O2/c1-17(2)26-28-20(10-12-37-26)7-6-11-36-24-9-5-8-22(34)25(24)27-23(35)15-21-29(39-32(44)42(28)30(21)38-27)41-14-13-40(16-18(41)3)31(43)19(4)33/h5,8-10,12,15,17-18,36H,4,6-7,11,13-14,16H2,1-3H3/t18-/m0/s1. The summed E-state index contributed by atoms with van der Waals surface area (Å²) in [6.45, 7) is 9.79. The van der Waals surface area contributed by atoms with Gasteiger partial charge in [-0.15, -0.1) is 0 Å². The monoisotopic (exact) mass is 603 g/mol. The van der Waals surface area contributed by atoms with Crippen molar-refractivity contribution in [2.45, 2.75) is 45.6 Å². The Hall–Kier alpha value is -4.74. The number of anilines is 2. The number of pyridine rings is 2. The second kappa shape index (κ2) is 11.4. The molecule has 0 radical (unpaired) electrons. The summed E-state index contributed by atoms with van der Waals surface area (Å²) < 4.78 is 46.5. The van der Waals surface area contributed by atoms with Crippen molar-refractivity contribution in [1.29, 1.82) is 0 Å². The van der Waals surface area contributed by atoms with E-state index in [1.165, 1.54) is 21.6 Å². The van der Waals surface area contributed by atoms with Crippen LogP contribution >= 0.6 is 0 Å². The summed E-state index contributed by atoms with van der Waals surface area (Å²) in [7, 11) is 0. The molecule has 1 N–H and O–H groups in total. The fraction of sp³-hybridized carbons (Fsp3) is 0.344. The molecule has 1 aromatic carbocycles. The minimum Gasteiger partial charge on any atom is -0.384 e. The SMILES string of the molecule is C=C(F)C(=O)N1CCN(c2nc(=O)n3c4nc(c(F)cc24)-c2c(F)cccc2NCCCc2ccnc(C(C)C)c2-3)[C@@H](C)C1. The summed E-state index contributed by atoms with van der Waals surface area (Å²) in [6.07, 6.45) is 2.93. The zero-order chi connectivity index (χ0) is 31.3. The lowest BCUT2D eigenvalue weighted by molar-refractivity contribution is -0.129. The van der Waals surface area contributed by atoms with Gasteiger partial charge >= 0.3 is 5.69 Å². The molecule has 12 heteroatoms. The van der Waals surface area contributed by atoms with Crippen molar-refractivity contribution in [1.82, 2.24) is 24.4 Å². The Balaban J connectivity index is 1.66. The number of fused-ring (bicyclic) bond motifs is 5. The number of carbonyl (C=O) groups excluding carboxylic acids is 1. The Morgan fingerprint density at radius 1 is 1.14 bits per heavy atom. The number of hydrogen-bond donors (Lipinski definition) is 1. The zero-order valence-corrected chi connectivity index (χ0v) is 24.7. The smallest absolute Gasteiger partial charge is 0.355 e. The van der Waals surface area contributed by atoms with Gasteiger partial charge in [0.05, 0.1) is 22.3 Å². The molecule has 1 fully saturated rings. The highest BCUT2D eigenvalue weighted by molar-refractivity contribution is 5.93. The van der Waals surface area contributed by atoms with Gasteiger partial charge in [-0.05, 0) is 55.5 Å². The third-order valence-electron chi connectivity index (χ3n) is 8.22. The fourth-order valence-corrected chi connectivity index (χ4v) is 6.14. The van der Waals surface area contributed by atoms with Gasteiger partial charge in [-0.1, -0.05) is 26.5 Å². The summed E-state index contributed by atoms with van der Waals surface area (Å²) in [4.78, 5) is 43.3. The van der Waals surface area contributed by atoms with Gasteiger partial charge in [-0.2, -0.15) is 4.98 Å². The molecule has 1 amide bonds. The first-order valence-corrected chi connectivity index (χ1v) is 14.6. The second-order valence-electron chi connectivity index (χ2n) is 11.5. The van der Waals surface area contributed by atoms with Gasteiger partial charge in [-0.25, -0.2) is 27.5 Å². The molecule has 5 heterocycles. The quantitative estimate of drug-likeness (QED) is 0.325. The lowest BCUT2D eigenvalue weighted by atomic mass is 10.00. The van der Waals surface area contributed by atoms with E-state index in [-0.39, 0.29) is 53.7 Å². The number of carbonyl (C=O) groups is 1. The molecule has 3 aromatic heterocycles. The van der Waals surface area contributed by atoms with Crippen LogP contribution in [0.5, 0.6) is 0 Å². The number of halogens is 3. The summed E-state index contributed by atoms with van der Waals surface area (Å²) in [5.41, 5.74) is 1.59. The molecule has 2 bridgehead atoms. The van der Waals surface area contributed by atoms with Crippen LogP contribution in [0, 0.1) is 11.6 Å². The lowest BCUT2D eigenvalue weighted by Gasteiger charge is -2.40. The molecule has 0 unspecified atom stereocenters. The Labute approximate surface area is 252 Å². The highest BCUT2D eigenvalue weighted by Crippen LogP contribution is 2.37. The van der Waals surface area contributed by atoms with E-state index in [0.29, 0.717) is 36.5 Å². The normalized spacial score (nSPS) is 16.7. The number of piperazine rings is 1. The van der Waals surface area contributed by atoms with Crippen molar-refractivity contribution >= 4 is 28.4 Å². The van der Waals surface area contributed by atoms with Crippen molar-refractivity contribution in [2.24, 2.45) is 0 Å². The molecule has 6 rings (SSSR count). The van der Waals surface area contributed by atoms with Gasteiger partial charge in [0.25, 0.3) is 5.91 Å². The number of nitrogens with one attached hydrogen (secondary N) is 1. The number of nitrogens with zero attached hydrogens (tertiary/aromatic N) is 6. The first-order valence-electron chi connectivity index (χ1n) is 14.6. The molecule has 1 saturated heterocycles. The van der Waals surface area contributed by atoms with Crippen molar-refractivity contribution in [3.05, 3.63) is 82.3 Å². The number of rotatable bonds is 3. The van der Waals surface area contributed by atoms with Crippen molar-refractivity contribution in [3.63, 3.8) is 0 Å². The molecule has 0 saturated carbocycles. The topological polar surface area (TPSA) is 96.3 Å². The Morgan fingerprint density at radius 3 is 2.66 bits per heavy atom. The van der Waals surface area contributed by atoms with Crippen LogP contribution in [-0.4, -0.2) is 62.5 Å². The Kier molecular flexibility index (Phi) is 7.60. The summed E-state index contributed by atoms with van der Waals surface area (Å²) in [6, 6.07) is 7.14. The molecular weight excluding hydrogens is 571 g/mol. The minimum absolute atomic E-state index is 0.0349. The molecule has 9 nitrogen and oxygen atoms in total. The highest BCUT2D eigenvalue weighted by atomic mass is 19.1. The van der Waals surface area contributed by atoms with E-state index in [9.17, 15) is 14.0 Å². The van der Waals surface area contributed by atoms with E-state index < -0.39 is 35.1 Å². The number of amides is 1. The molecule has 0 aliphatic carbocycles. The van der Waals surface area contributed by atoms with E-state index >= 15 is 8.78 Å². The van der Waals surface area contributed by atoms with E-state index in [4.69, 9.17) is 0 Å². The molecule has 4 aromatic rings. The predicted octanol–water partition coefficient (Wildman–Crippen LogP) is 5.12. The second-order valence-corrected chi connectivity index (χ2v) is 11.5. The first-order chi connectivity index (χ1) is 21.1. The average Bonchev–Trinajstić information content (AvgIpc) is 2.98. The largest absolute Gasteiger partial charge is 0.384 e. The van der Waals surface area contributed by atoms with Crippen LogP contribution in [-0.2, 0) is 11.2 Å². The van der Waals surface area contributed by atoms with Gasteiger partial charge in [0, 0.05) is 44.1 Å². The number of benzene rings is 1. The number of aromatic nitrogens is 4. The van der Waals surface area contributed by atoms with Crippen LogP contribution in [0.2, 0.25) is 0 Å². The van der Waals surface area contributed by atoms with Crippen LogP contribution < -0.4 is 15.9 Å². The van der Waals surface area contributed by atoms with Crippen LogP contribution in [0.3, 0.4) is 0 Å². The van der Waals surface area contributed by atoms with Gasteiger partial charge in [0.2, 0.25) is 0 Å². The molecular formula is C32H32F3N7O2. The van der Waals surface area contributed by atoms with E-state index in [0.717, 1.165) is 5.56 Å². The fourth-order valence-electron chi connectivity index (χ4n) is 6.14. The maximum Gasteiger partial charge on any atom is 0.355 e. The van der Waals surface area contributed by atoms with Crippen LogP contribution in [0.25, 0.3) is 28.0 Å². The number of aryl methyl sites for hydroxylation is 1. The first kappa shape index (κ1) is 29.3. The molecule has 44 heavy (non-hydrogen) atoms. The van der Waals surface area contributed by atoms with Crippen LogP contribution in [0.4, 0.5) is 24.7 Å². The lowest BCUT2D eigenvalue weighted by Crippen LogP contribution is -2.54. The van der Waals surface area contributed by atoms with Crippen LogP contribution in [0.1, 0.15) is 44.4 Å². The predicted molar refractivity (Wildman–Crippen MR) is 163 cm³/mol. The third-order valence-corrected chi connectivity index (χ3v) is 8.22. The highest BCUT2D eigenvalue weighted by Gasteiger charge is 2.32. The number of hydrogen-bond acceptors (Lipinski definition) is 7. The Bertz CT molecular complexity index is 1870. The van der Waals surface area contributed by atoms with E-state index in [1.54, 1.807) is 30.2 Å². The van der Waals surface area contributed by atoms with Crippen molar-refractivity contribution in [2.75, 3.05) is 36.4 Å². The minimum atomic E-state index is -1.06. The molecule has 1 atom stereocenters. The zero-order valence-electron chi connectivity index (χ0n) is 24.7. The molecule has 0 spiro atoms. The Morgan fingerprint density at radius 2 is 1.93 bits per heavy atom. The third kappa shape index (κ3) is 4.97. The summed E-state index contributed by atoms with van der Waals surface area (Å²) >= 11 is 0. The average molecular weight is 604 g/mol. The van der Waals surface area contributed by atoms with Gasteiger partial charge < -0.3 is 15.1 Å². The molecule has 2 aliphatic rings. The summed E-state index contributed by atoms with van der Waals surface area (Å²) in [5, 5.41) is 3.47. The van der Waals surface area contributed by atoms with Crippen LogP contribution in [0.15, 0.2) is 53.7 Å². The van der Waals surface area contributed by atoms with Gasteiger partial charge in [0.1, 0.15) is 17.3 Å². The van der Waals surface area contributed by atoms with Crippen molar-refractivity contribution < 1.29 is 18.0 Å². The molecule has 228 valence electrons. The van der Waals surface area contributed by atoms with Gasteiger partial charge in [-0.3, -0.25) is 9.78 Å². The van der Waals surface area contributed by atoms with E-state index in [2.05, 4.69) is 26.8 Å². The molecule has 2 aliphatic heterocycles. The van der Waals surface area contributed by atoms with Crippen molar-refractivity contribution in [3.8, 4) is 16.9 Å². The summed E-state index contributed by atoms with van der Waals surface area (Å²) in [5.74, 6) is -3.21.